The Labute approximate surface area is 150 Å². The molecule has 3 nitrogen and oxygen atoms in total. The molecule has 134 valence electrons. The Morgan fingerprint density at radius 1 is 0.962 bits per heavy atom. The van der Waals surface area contributed by atoms with Crippen LogP contribution in [0.3, 0.4) is 0 Å². The van der Waals surface area contributed by atoms with E-state index in [0.29, 0.717) is 5.56 Å². The van der Waals surface area contributed by atoms with E-state index in [1.165, 1.54) is 38.7 Å². The van der Waals surface area contributed by atoms with Crippen LogP contribution < -0.4 is 0 Å². The summed E-state index contributed by atoms with van der Waals surface area (Å²) in [5, 5.41) is 0. The molecule has 5 heteroatoms. The van der Waals surface area contributed by atoms with Gasteiger partial charge < -0.3 is 9.47 Å². The van der Waals surface area contributed by atoms with Gasteiger partial charge in [0.15, 0.2) is 0 Å². The van der Waals surface area contributed by atoms with Gasteiger partial charge in [-0.2, -0.15) is 0 Å². The minimum Gasteiger partial charge on any atom is -0.503 e. The highest BCUT2D eigenvalue weighted by Gasteiger charge is 2.15. The van der Waals surface area contributed by atoms with Gasteiger partial charge in [0.05, 0.1) is 20.5 Å². The van der Waals surface area contributed by atoms with Gasteiger partial charge in [0, 0.05) is 11.6 Å². The second-order valence-corrected chi connectivity index (χ2v) is 5.23. The maximum atomic E-state index is 13.6. The summed E-state index contributed by atoms with van der Waals surface area (Å²) in [6.45, 7) is 0. The summed E-state index contributed by atoms with van der Waals surface area (Å²) in [4.78, 5) is 12.0. The zero-order valence-corrected chi connectivity index (χ0v) is 14.4. The third-order valence-corrected chi connectivity index (χ3v) is 3.52. The Morgan fingerprint density at radius 3 is 2.31 bits per heavy atom. The normalized spacial score (nSPS) is 11.9. The molecule has 0 N–H and O–H groups in total. The summed E-state index contributed by atoms with van der Waals surface area (Å²) in [6, 6.07) is 10.6. The molecule has 0 aliphatic carbocycles. The molecule has 0 unspecified atom stereocenters. The first-order chi connectivity index (χ1) is 12.6. The van der Waals surface area contributed by atoms with E-state index < -0.39 is 17.6 Å². The van der Waals surface area contributed by atoms with Gasteiger partial charge in [-0.3, -0.25) is 0 Å². The third kappa shape index (κ3) is 4.89. The van der Waals surface area contributed by atoms with E-state index >= 15 is 0 Å². The topological polar surface area (TPSA) is 35.5 Å². The molecule has 2 aromatic carbocycles. The van der Waals surface area contributed by atoms with E-state index in [1.807, 2.05) is 12.1 Å². The summed E-state index contributed by atoms with van der Waals surface area (Å²) in [6.07, 6.45) is 7.94. The predicted octanol–water partition coefficient (Wildman–Crippen LogP) is 4.85. The average molecular weight is 356 g/mol. The molecule has 0 heterocycles. The summed E-state index contributed by atoms with van der Waals surface area (Å²) >= 11 is 0. The molecule has 2 aromatic rings. The summed E-state index contributed by atoms with van der Waals surface area (Å²) < 4.78 is 36.3. The monoisotopic (exact) mass is 356 g/mol. The molecule has 0 saturated carbocycles. The zero-order chi connectivity index (χ0) is 18.9. The minimum absolute atomic E-state index is 0.277. The maximum Gasteiger partial charge on any atom is 0.341 e. The molecule has 0 bridgehead atoms. The number of ether oxygens (including phenoxy) is 2. The summed E-state index contributed by atoms with van der Waals surface area (Å²) in [7, 11) is 2.74. The Balaban J connectivity index is 2.27. The van der Waals surface area contributed by atoms with Crippen molar-refractivity contribution in [2.75, 3.05) is 14.2 Å². The Morgan fingerprint density at radius 2 is 1.65 bits per heavy atom. The van der Waals surface area contributed by atoms with Gasteiger partial charge in [-0.15, -0.1) is 0 Å². The third-order valence-electron chi connectivity index (χ3n) is 3.52. The predicted molar refractivity (Wildman–Crippen MR) is 97.9 cm³/mol. The van der Waals surface area contributed by atoms with Crippen molar-refractivity contribution in [1.29, 1.82) is 0 Å². The van der Waals surface area contributed by atoms with Crippen molar-refractivity contribution < 1.29 is 23.0 Å². The lowest BCUT2D eigenvalue weighted by Crippen LogP contribution is -2.05. The van der Waals surface area contributed by atoms with Crippen molar-refractivity contribution in [2.45, 2.75) is 0 Å². The first-order valence-corrected chi connectivity index (χ1v) is 7.77. The number of hydrogen-bond acceptors (Lipinski definition) is 3. The van der Waals surface area contributed by atoms with E-state index in [1.54, 1.807) is 30.4 Å². The van der Waals surface area contributed by atoms with Crippen LogP contribution >= 0.6 is 0 Å². The van der Waals surface area contributed by atoms with Gasteiger partial charge in [-0.25, -0.2) is 13.6 Å². The van der Waals surface area contributed by atoms with E-state index in [2.05, 4.69) is 0 Å². The highest BCUT2D eigenvalue weighted by molar-refractivity contribution is 6.17. The fourth-order valence-electron chi connectivity index (χ4n) is 2.29. The van der Waals surface area contributed by atoms with Gasteiger partial charge in [0.2, 0.25) is 0 Å². The molecule has 0 radical (unpaired) electrons. The van der Waals surface area contributed by atoms with E-state index in [4.69, 9.17) is 9.47 Å². The van der Waals surface area contributed by atoms with E-state index in [9.17, 15) is 13.6 Å². The van der Waals surface area contributed by atoms with Crippen molar-refractivity contribution in [3.05, 3.63) is 89.2 Å². The van der Waals surface area contributed by atoms with E-state index in [-0.39, 0.29) is 11.1 Å². The second kappa shape index (κ2) is 9.32. The van der Waals surface area contributed by atoms with Crippen LogP contribution in [0.15, 0.2) is 60.9 Å². The Hall–Kier alpha value is -3.21. The van der Waals surface area contributed by atoms with Crippen LogP contribution in [-0.2, 0) is 14.3 Å². The molecule has 0 amide bonds. The molecule has 0 aliphatic heterocycles. The smallest absolute Gasteiger partial charge is 0.341 e. The Bertz CT molecular complexity index is 867. The fraction of sp³-hybridized carbons (Fsp3) is 0.0952. The SMILES string of the molecule is COC=C(C(=O)OC)c1ccccc1C=CC=Cc1ccc(F)cc1F. The highest BCUT2D eigenvalue weighted by atomic mass is 19.1. The number of hydrogen-bond donors (Lipinski definition) is 0. The van der Waals surface area contributed by atoms with Crippen molar-refractivity contribution >= 4 is 23.7 Å². The van der Waals surface area contributed by atoms with Gasteiger partial charge >= 0.3 is 5.97 Å². The fourth-order valence-corrected chi connectivity index (χ4v) is 2.29. The van der Waals surface area contributed by atoms with Crippen LogP contribution in [0, 0.1) is 11.6 Å². The molecule has 26 heavy (non-hydrogen) atoms. The molecule has 2 rings (SSSR count). The quantitative estimate of drug-likeness (QED) is 0.321. The van der Waals surface area contributed by atoms with E-state index in [0.717, 1.165) is 11.6 Å². The molecule has 0 spiro atoms. The first-order valence-electron chi connectivity index (χ1n) is 7.77. The summed E-state index contributed by atoms with van der Waals surface area (Å²) in [5.74, 6) is -1.77. The van der Waals surface area contributed by atoms with Crippen molar-refractivity contribution in [1.82, 2.24) is 0 Å². The lowest BCUT2D eigenvalue weighted by atomic mass is 10.00. The summed E-state index contributed by atoms with van der Waals surface area (Å²) in [5.41, 5.74) is 1.95. The Kier molecular flexibility index (Phi) is 6.85. The lowest BCUT2D eigenvalue weighted by molar-refractivity contribution is -0.133. The largest absolute Gasteiger partial charge is 0.503 e. The number of benzene rings is 2. The molecule has 0 fully saturated rings. The van der Waals surface area contributed by atoms with Gasteiger partial charge in [0.1, 0.15) is 17.2 Å². The van der Waals surface area contributed by atoms with Crippen molar-refractivity contribution in [3.63, 3.8) is 0 Å². The zero-order valence-electron chi connectivity index (χ0n) is 14.4. The number of carbonyl (C=O) groups excluding carboxylic acids is 1. The van der Waals surface area contributed by atoms with Gasteiger partial charge in [-0.1, -0.05) is 48.6 Å². The van der Waals surface area contributed by atoms with Crippen molar-refractivity contribution in [3.8, 4) is 0 Å². The molecule has 0 aliphatic rings. The van der Waals surface area contributed by atoms with Crippen LogP contribution in [-0.4, -0.2) is 20.2 Å². The molecular weight excluding hydrogens is 338 g/mol. The van der Waals surface area contributed by atoms with Gasteiger partial charge in [0.25, 0.3) is 0 Å². The number of esters is 1. The number of rotatable bonds is 6. The minimum atomic E-state index is -0.633. The number of allylic oxidation sites excluding steroid dienone is 2. The average Bonchev–Trinajstić information content (AvgIpc) is 2.64. The molecule has 0 atom stereocenters. The highest BCUT2D eigenvalue weighted by Crippen LogP contribution is 2.22. The number of methoxy groups -OCH3 is 2. The molecular formula is C21H18F2O3. The van der Waals surface area contributed by atoms with Gasteiger partial charge in [-0.05, 0) is 23.3 Å². The standard InChI is InChI=1S/C21H18F2O3/c1-25-14-19(21(24)26-2)18-10-6-5-8-15(18)7-3-4-9-16-11-12-17(22)13-20(16)23/h3-14H,1-2H3. The second-order valence-electron chi connectivity index (χ2n) is 5.23. The van der Waals surface area contributed by atoms with Crippen LogP contribution in [0.5, 0.6) is 0 Å². The van der Waals surface area contributed by atoms with Crippen molar-refractivity contribution in [2.24, 2.45) is 0 Å². The molecule has 0 aromatic heterocycles. The first kappa shape index (κ1) is 19.1. The van der Waals surface area contributed by atoms with Crippen LogP contribution in [0.4, 0.5) is 8.78 Å². The van der Waals surface area contributed by atoms with Crippen LogP contribution in [0.25, 0.3) is 17.7 Å². The van der Waals surface area contributed by atoms with Crippen LogP contribution in [0.2, 0.25) is 0 Å². The maximum absolute atomic E-state index is 13.6. The lowest BCUT2D eigenvalue weighted by Gasteiger charge is -2.08. The van der Waals surface area contributed by atoms with Crippen LogP contribution in [0.1, 0.15) is 16.7 Å². The number of halogens is 2. The number of carbonyl (C=O) groups is 1. The molecule has 0 saturated heterocycles.